The average Bonchev–Trinajstić information content (AvgIpc) is 3.51. The molecule has 12 nitrogen and oxygen atoms in total. The first-order valence-electron chi connectivity index (χ1n) is 12.7. The van der Waals surface area contributed by atoms with Crippen LogP contribution in [-0.2, 0) is 19.6 Å². The van der Waals surface area contributed by atoms with Gasteiger partial charge in [0.2, 0.25) is 11.9 Å². The van der Waals surface area contributed by atoms with Crippen LogP contribution in [0.25, 0.3) is 11.0 Å². The molecule has 0 aliphatic carbocycles. The van der Waals surface area contributed by atoms with Crippen molar-refractivity contribution in [3.8, 4) is 5.75 Å². The minimum absolute atomic E-state index is 0.229. The molecule has 2 aromatic heterocycles. The number of aryl methyl sites for hydroxylation is 2. The molecule has 5 N–H and O–H groups in total. The van der Waals surface area contributed by atoms with E-state index in [0.717, 1.165) is 11.3 Å². The van der Waals surface area contributed by atoms with Gasteiger partial charge in [-0.3, -0.25) is 19.6 Å². The molecule has 0 aliphatic heterocycles. The number of aromatic nitrogens is 4. The van der Waals surface area contributed by atoms with Crippen molar-refractivity contribution in [1.29, 1.82) is 0 Å². The molecule has 0 unspecified atom stereocenters. The Hall–Kier alpha value is -5.13. The number of hydrogen-bond donors (Lipinski definition) is 4. The Kier molecular flexibility index (Phi) is 8.79. The first-order chi connectivity index (χ1) is 19.3. The summed E-state index contributed by atoms with van der Waals surface area (Å²) in [5.41, 5.74) is 8.84. The van der Waals surface area contributed by atoms with Gasteiger partial charge in [0.1, 0.15) is 17.0 Å². The number of urea groups is 1. The molecule has 208 valence electrons. The van der Waals surface area contributed by atoms with Gasteiger partial charge >= 0.3 is 6.03 Å². The van der Waals surface area contributed by atoms with E-state index in [1.54, 1.807) is 27.5 Å². The van der Waals surface area contributed by atoms with Crippen molar-refractivity contribution in [3.05, 3.63) is 83.2 Å². The number of amides is 4. The van der Waals surface area contributed by atoms with Crippen LogP contribution in [0.15, 0.2) is 60.7 Å². The van der Waals surface area contributed by atoms with Gasteiger partial charge < -0.3 is 25.7 Å². The topological polar surface area (TPSA) is 158 Å². The number of benzene rings is 2. The van der Waals surface area contributed by atoms with E-state index in [4.69, 9.17) is 10.5 Å². The molecular weight excluding hydrogens is 512 g/mol. The van der Waals surface area contributed by atoms with Crippen molar-refractivity contribution in [2.45, 2.75) is 33.5 Å². The Morgan fingerprint density at radius 1 is 1.07 bits per heavy atom. The van der Waals surface area contributed by atoms with Gasteiger partial charge in [0.05, 0.1) is 18.3 Å². The Morgan fingerprint density at radius 3 is 2.55 bits per heavy atom. The standard InChI is InChI=1S/C28H32N8O4/c1-4-36-22(14-18(2)34-36)26(38)33-27-32-21-15-20(25(29)37)16-23(40-3)24(21)35(27)13-9-8-12-30-28(39)31-17-19-10-6-5-7-11-19/h5-11,14-16H,4,12-13,17H2,1-3H3,(H2,29,37)(H2,30,31,39)(H,32,33,38)/b9-8+. The third kappa shape index (κ3) is 6.46. The molecular formula is C28H32N8O4. The zero-order valence-electron chi connectivity index (χ0n) is 22.6. The van der Waals surface area contributed by atoms with Crippen LogP contribution in [0.4, 0.5) is 10.7 Å². The minimum atomic E-state index is -0.626. The number of primary amides is 1. The molecule has 0 saturated carbocycles. The van der Waals surface area contributed by atoms with Crippen LogP contribution in [0, 0.1) is 6.92 Å². The summed E-state index contributed by atoms with van der Waals surface area (Å²) in [6.45, 7) is 5.23. The van der Waals surface area contributed by atoms with Gasteiger partial charge in [0, 0.05) is 31.7 Å². The van der Waals surface area contributed by atoms with Crippen molar-refractivity contribution in [2.75, 3.05) is 19.0 Å². The Balaban J connectivity index is 1.53. The number of imidazole rings is 1. The number of ether oxygens (including phenoxy) is 1. The lowest BCUT2D eigenvalue weighted by Gasteiger charge is -2.11. The zero-order chi connectivity index (χ0) is 28.6. The van der Waals surface area contributed by atoms with Crippen molar-refractivity contribution in [3.63, 3.8) is 0 Å². The van der Waals surface area contributed by atoms with Crippen LogP contribution < -0.4 is 26.4 Å². The number of hydrogen-bond acceptors (Lipinski definition) is 6. The molecule has 40 heavy (non-hydrogen) atoms. The number of nitrogens with two attached hydrogens (primary N) is 1. The van der Waals surface area contributed by atoms with E-state index in [2.05, 4.69) is 26.0 Å². The van der Waals surface area contributed by atoms with E-state index in [0.29, 0.717) is 35.6 Å². The minimum Gasteiger partial charge on any atom is -0.494 e. The summed E-state index contributed by atoms with van der Waals surface area (Å²) >= 11 is 0. The summed E-state index contributed by atoms with van der Waals surface area (Å²) in [6.07, 6.45) is 3.62. The molecule has 0 fully saturated rings. The second-order valence-electron chi connectivity index (χ2n) is 8.92. The third-order valence-corrected chi connectivity index (χ3v) is 6.10. The van der Waals surface area contributed by atoms with E-state index in [1.807, 2.05) is 50.3 Å². The van der Waals surface area contributed by atoms with Crippen molar-refractivity contribution in [2.24, 2.45) is 5.73 Å². The number of carbonyl (C=O) groups excluding carboxylic acids is 3. The number of anilines is 1. The monoisotopic (exact) mass is 544 g/mol. The summed E-state index contributed by atoms with van der Waals surface area (Å²) in [5, 5.41) is 12.8. The fraction of sp³-hybridized carbons (Fsp3) is 0.250. The lowest BCUT2D eigenvalue weighted by atomic mass is 10.1. The number of carbonyl (C=O) groups is 3. The highest BCUT2D eigenvalue weighted by Gasteiger charge is 2.21. The Bertz CT molecular complexity index is 1560. The van der Waals surface area contributed by atoms with E-state index in [9.17, 15) is 14.4 Å². The van der Waals surface area contributed by atoms with E-state index < -0.39 is 5.91 Å². The average molecular weight is 545 g/mol. The third-order valence-electron chi connectivity index (χ3n) is 6.10. The van der Waals surface area contributed by atoms with Gasteiger partial charge in [-0.05, 0) is 37.6 Å². The molecule has 0 aliphatic rings. The van der Waals surface area contributed by atoms with E-state index in [-0.39, 0.29) is 36.5 Å². The second kappa shape index (κ2) is 12.6. The maximum Gasteiger partial charge on any atom is 0.315 e. The highest BCUT2D eigenvalue weighted by Crippen LogP contribution is 2.31. The molecule has 0 spiro atoms. The number of nitrogens with zero attached hydrogens (tertiary/aromatic N) is 4. The molecule has 0 saturated heterocycles. The van der Waals surface area contributed by atoms with Crippen LogP contribution >= 0.6 is 0 Å². The van der Waals surface area contributed by atoms with Gasteiger partial charge in [-0.2, -0.15) is 5.10 Å². The summed E-state index contributed by atoms with van der Waals surface area (Å²) in [7, 11) is 1.48. The van der Waals surface area contributed by atoms with E-state index >= 15 is 0 Å². The Labute approximate surface area is 231 Å². The fourth-order valence-electron chi connectivity index (χ4n) is 4.19. The number of methoxy groups -OCH3 is 1. The molecule has 12 heteroatoms. The lowest BCUT2D eigenvalue weighted by Crippen LogP contribution is -2.35. The van der Waals surface area contributed by atoms with Gasteiger partial charge in [0.25, 0.3) is 5.91 Å². The first-order valence-corrected chi connectivity index (χ1v) is 12.7. The van der Waals surface area contributed by atoms with E-state index in [1.165, 1.54) is 13.2 Å². The summed E-state index contributed by atoms with van der Waals surface area (Å²) in [4.78, 5) is 41.8. The Morgan fingerprint density at radius 2 is 1.85 bits per heavy atom. The number of nitrogens with one attached hydrogen (secondary N) is 3. The molecule has 0 radical (unpaired) electrons. The lowest BCUT2D eigenvalue weighted by molar-refractivity contribution is 0.0995. The predicted octanol–water partition coefficient (Wildman–Crippen LogP) is 2.98. The molecule has 4 amide bonds. The fourth-order valence-corrected chi connectivity index (χ4v) is 4.19. The van der Waals surface area contributed by atoms with Crippen molar-refractivity contribution >= 4 is 34.8 Å². The maximum absolute atomic E-state index is 13.2. The number of allylic oxidation sites excluding steroid dienone is 1. The van der Waals surface area contributed by atoms with Crippen molar-refractivity contribution < 1.29 is 19.1 Å². The molecule has 0 bridgehead atoms. The zero-order valence-corrected chi connectivity index (χ0v) is 22.6. The maximum atomic E-state index is 13.2. The summed E-state index contributed by atoms with van der Waals surface area (Å²) < 4.78 is 8.90. The summed E-state index contributed by atoms with van der Waals surface area (Å²) in [5.74, 6) is -0.381. The second-order valence-corrected chi connectivity index (χ2v) is 8.92. The van der Waals surface area contributed by atoms with Gasteiger partial charge in [-0.1, -0.05) is 42.5 Å². The highest BCUT2D eigenvalue weighted by molar-refractivity contribution is 6.04. The van der Waals surface area contributed by atoms with Crippen LogP contribution in [0.2, 0.25) is 0 Å². The smallest absolute Gasteiger partial charge is 0.315 e. The highest BCUT2D eigenvalue weighted by atomic mass is 16.5. The summed E-state index contributed by atoms with van der Waals surface area (Å²) in [6, 6.07) is 14.1. The van der Waals surface area contributed by atoms with Crippen LogP contribution in [-0.4, -0.2) is 50.8 Å². The van der Waals surface area contributed by atoms with Crippen LogP contribution in [0.5, 0.6) is 5.75 Å². The van der Waals surface area contributed by atoms with Gasteiger partial charge in [-0.15, -0.1) is 0 Å². The van der Waals surface area contributed by atoms with Gasteiger partial charge in [0.15, 0.2) is 0 Å². The number of rotatable bonds is 11. The van der Waals surface area contributed by atoms with Crippen LogP contribution in [0.1, 0.15) is 39.0 Å². The van der Waals surface area contributed by atoms with Crippen LogP contribution in [0.3, 0.4) is 0 Å². The largest absolute Gasteiger partial charge is 0.494 e. The molecule has 2 heterocycles. The molecule has 2 aromatic carbocycles. The first kappa shape index (κ1) is 27.9. The molecule has 4 rings (SSSR count). The van der Waals surface area contributed by atoms with Gasteiger partial charge in [-0.25, -0.2) is 9.78 Å². The van der Waals surface area contributed by atoms with Crippen molar-refractivity contribution in [1.82, 2.24) is 30.0 Å². The quantitative estimate of drug-likeness (QED) is 0.213. The predicted molar refractivity (Wildman–Crippen MR) is 151 cm³/mol. The molecule has 0 atom stereocenters. The normalized spacial score (nSPS) is 11.1. The number of fused-ring (bicyclic) bond motifs is 1. The SMILES string of the molecule is CCn1nc(C)cc1C(=O)Nc1nc2cc(C(N)=O)cc(OC)c2n1C/C=C/CNC(=O)NCc1ccccc1. The molecule has 4 aromatic rings.